The normalized spacial score (nSPS) is 11.5. The number of aromatic amines is 2. The fourth-order valence-electron chi connectivity index (χ4n) is 2.49. The molecule has 2 heterocycles. The molecule has 0 aliphatic carbocycles. The van der Waals surface area contributed by atoms with Gasteiger partial charge in [-0.25, -0.2) is 13.8 Å². The van der Waals surface area contributed by atoms with Gasteiger partial charge in [-0.15, -0.1) is 0 Å². The molecule has 0 bridgehead atoms. The summed E-state index contributed by atoms with van der Waals surface area (Å²) in [5.41, 5.74) is 0.886. The minimum atomic E-state index is -0.664. The molecule has 120 valence electrons. The molecule has 5 nitrogen and oxygen atoms in total. The topological polar surface area (TPSA) is 74.4 Å². The van der Waals surface area contributed by atoms with Gasteiger partial charge in [0, 0.05) is 12.0 Å². The van der Waals surface area contributed by atoms with Crippen LogP contribution in [0.25, 0.3) is 11.0 Å². The molecule has 2 N–H and O–H groups in total. The number of fused-ring (bicyclic) bond motifs is 1. The Morgan fingerprint density at radius 1 is 1.22 bits per heavy atom. The van der Waals surface area contributed by atoms with Gasteiger partial charge in [-0.2, -0.15) is 5.10 Å². The third-order valence-electron chi connectivity index (χ3n) is 3.55. The predicted octanol–water partition coefficient (Wildman–Crippen LogP) is 2.71. The molecule has 0 atom stereocenters. The number of halogens is 2. The van der Waals surface area contributed by atoms with E-state index in [0.29, 0.717) is 23.5 Å². The number of aromatic nitrogens is 4. The summed E-state index contributed by atoms with van der Waals surface area (Å²) in [4.78, 5) is 19.0. The summed E-state index contributed by atoms with van der Waals surface area (Å²) in [6, 6.07) is 3.65. The second-order valence-electron chi connectivity index (χ2n) is 5.88. The van der Waals surface area contributed by atoms with Crippen LogP contribution in [0.3, 0.4) is 0 Å². The molecule has 0 unspecified atom stereocenters. The standard InChI is InChI=1S/C16H16F2N4O/c1-8(2)6-12-14-15(22-21-12)16(23)20-13(19-14)7-9-10(17)4-3-5-11(9)18/h3-5,8H,6-7H2,1-2H3,(H,21,22)(H,19,20,23). The van der Waals surface area contributed by atoms with Gasteiger partial charge in [0.1, 0.15) is 28.5 Å². The Morgan fingerprint density at radius 3 is 2.57 bits per heavy atom. The van der Waals surface area contributed by atoms with Crippen molar-refractivity contribution in [1.29, 1.82) is 0 Å². The molecule has 0 radical (unpaired) electrons. The van der Waals surface area contributed by atoms with Crippen molar-refractivity contribution in [2.75, 3.05) is 0 Å². The lowest BCUT2D eigenvalue weighted by molar-refractivity contribution is 0.559. The Balaban J connectivity index is 2.06. The van der Waals surface area contributed by atoms with Gasteiger partial charge in [-0.3, -0.25) is 9.89 Å². The molecular weight excluding hydrogens is 302 g/mol. The lowest BCUT2D eigenvalue weighted by Gasteiger charge is -2.05. The van der Waals surface area contributed by atoms with Crippen LogP contribution in [0.2, 0.25) is 0 Å². The number of hydrogen-bond donors (Lipinski definition) is 2. The smallest absolute Gasteiger partial charge is 0.276 e. The van der Waals surface area contributed by atoms with Gasteiger partial charge in [0.2, 0.25) is 0 Å². The number of nitrogens with zero attached hydrogens (tertiary/aromatic N) is 2. The highest BCUT2D eigenvalue weighted by molar-refractivity contribution is 5.75. The summed E-state index contributed by atoms with van der Waals surface area (Å²) in [7, 11) is 0. The summed E-state index contributed by atoms with van der Waals surface area (Å²) in [6.45, 7) is 4.06. The molecule has 3 aromatic rings. The van der Waals surface area contributed by atoms with E-state index in [1.54, 1.807) is 0 Å². The summed E-state index contributed by atoms with van der Waals surface area (Å²) in [5, 5.41) is 6.80. The molecule has 0 spiro atoms. The van der Waals surface area contributed by atoms with Gasteiger partial charge in [-0.05, 0) is 24.5 Å². The minimum absolute atomic E-state index is 0.121. The molecule has 7 heteroatoms. The number of nitrogens with one attached hydrogen (secondary N) is 2. The van der Waals surface area contributed by atoms with E-state index in [1.807, 2.05) is 13.8 Å². The molecular formula is C16H16F2N4O. The maximum Gasteiger partial charge on any atom is 0.276 e. The van der Waals surface area contributed by atoms with Crippen molar-refractivity contribution in [3.63, 3.8) is 0 Å². The van der Waals surface area contributed by atoms with Crippen molar-refractivity contribution in [2.45, 2.75) is 26.7 Å². The quantitative estimate of drug-likeness (QED) is 0.777. The van der Waals surface area contributed by atoms with E-state index < -0.39 is 17.2 Å². The van der Waals surface area contributed by atoms with E-state index in [2.05, 4.69) is 20.2 Å². The zero-order valence-corrected chi connectivity index (χ0v) is 12.8. The highest BCUT2D eigenvalue weighted by Crippen LogP contribution is 2.17. The Labute approximate surface area is 130 Å². The van der Waals surface area contributed by atoms with Crippen LogP contribution in [0.1, 0.15) is 30.9 Å². The SMILES string of the molecule is CC(C)Cc1n[nH]c2c(=O)[nH]c(Cc3c(F)cccc3F)nc12. The number of H-pyrrole nitrogens is 2. The highest BCUT2D eigenvalue weighted by atomic mass is 19.1. The predicted molar refractivity (Wildman–Crippen MR) is 82.2 cm³/mol. The fourth-order valence-corrected chi connectivity index (χ4v) is 2.49. The summed E-state index contributed by atoms with van der Waals surface area (Å²) in [6.07, 6.45) is 0.528. The van der Waals surface area contributed by atoms with Gasteiger partial charge in [-0.1, -0.05) is 19.9 Å². The monoisotopic (exact) mass is 318 g/mol. The molecule has 23 heavy (non-hydrogen) atoms. The van der Waals surface area contributed by atoms with Gasteiger partial charge in [0.25, 0.3) is 5.56 Å². The van der Waals surface area contributed by atoms with Crippen LogP contribution in [0.5, 0.6) is 0 Å². The van der Waals surface area contributed by atoms with Gasteiger partial charge in [0.15, 0.2) is 0 Å². The van der Waals surface area contributed by atoms with E-state index in [4.69, 9.17) is 0 Å². The fraction of sp³-hybridized carbons (Fsp3) is 0.312. The second kappa shape index (κ2) is 5.91. The van der Waals surface area contributed by atoms with Crippen molar-refractivity contribution in [3.8, 4) is 0 Å². The first-order chi connectivity index (χ1) is 11.0. The average Bonchev–Trinajstić information content (AvgIpc) is 2.86. The van der Waals surface area contributed by atoms with E-state index in [0.717, 1.165) is 0 Å². The van der Waals surface area contributed by atoms with E-state index in [1.165, 1.54) is 18.2 Å². The molecule has 0 saturated heterocycles. The third-order valence-corrected chi connectivity index (χ3v) is 3.55. The van der Waals surface area contributed by atoms with Crippen LogP contribution in [-0.2, 0) is 12.8 Å². The molecule has 0 saturated carbocycles. The number of hydrogen-bond acceptors (Lipinski definition) is 3. The van der Waals surface area contributed by atoms with Crippen molar-refractivity contribution in [3.05, 3.63) is 57.3 Å². The minimum Gasteiger partial charge on any atom is -0.308 e. The molecule has 0 fully saturated rings. The second-order valence-corrected chi connectivity index (χ2v) is 5.88. The van der Waals surface area contributed by atoms with Crippen LogP contribution >= 0.6 is 0 Å². The highest BCUT2D eigenvalue weighted by Gasteiger charge is 2.16. The average molecular weight is 318 g/mol. The Morgan fingerprint density at radius 2 is 1.91 bits per heavy atom. The van der Waals surface area contributed by atoms with Gasteiger partial charge >= 0.3 is 0 Å². The molecule has 0 amide bonds. The molecule has 1 aromatic carbocycles. The molecule has 3 rings (SSSR count). The number of rotatable bonds is 4. The maximum absolute atomic E-state index is 13.8. The van der Waals surface area contributed by atoms with Gasteiger partial charge in [0.05, 0.1) is 5.69 Å². The van der Waals surface area contributed by atoms with Crippen molar-refractivity contribution in [2.24, 2.45) is 5.92 Å². The largest absolute Gasteiger partial charge is 0.308 e. The molecule has 2 aromatic heterocycles. The van der Waals surface area contributed by atoms with Crippen molar-refractivity contribution >= 4 is 11.0 Å². The van der Waals surface area contributed by atoms with Crippen LogP contribution < -0.4 is 5.56 Å². The first-order valence-corrected chi connectivity index (χ1v) is 7.34. The lowest BCUT2D eigenvalue weighted by atomic mass is 10.1. The van der Waals surface area contributed by atoms with Crippen LogP contribution in [-0.4, -0.2) is 20.2 Å². The van der Waals surface area contributed by atoms with Gasteiger partial charge < -0.3 is 4.98 Å². The first-order valence-electron chi connectivity index (χ1n) is 7.34. The zero-order valence-electron chi connectivity index (χ0n) is 12.8. The molecule has 0 aliphatic rings. The Bertz CT molecular complexity index is 894. The Hall–Kier alpha value is -2.57. The van der Waals surface area contributed by atoms with Crippen LogP contribution in [0, 0.1) is 17.6 Å². The van der Waals surface area contributed by atoms with E-state index in [-0.39, 0.29) is 23.3 Å². The van der Waals surface area contributed by atoms with E-state index in [9.17, 15) is 13.6 Å². The lowest BCUT2D eigenvalue weighted by Crippen LogP contribution is -2.13. The van der Waals surface area contributed by atoms with Crippen molar-refractivity contribution in [1.82, 2.24) is 20.2 Å². The Kier molecular flexibility index (Phi) is 3.94. The molecule has 0 aliphatic heterocycles. The third kappa shape index (κ3) is 2.99. The van der Waals surface area contributed by atoms with E-state index >= 15 is 0 Å². The summed E-state index contributed by atoms with van der Waals surface area (Å²) >= 11 is 0. The summed E-state index contributed by atoms with van der Waals surface area (Å²) < 4.78 is 27.5. The maximum atomic E-state index is 13.8. The number of benzene rings is 1. The zero-order chi connectivity index (χ0) is 16.6. The summed E-state index contributed by atoms with van der Waals surface area (Å²) in [5.74, 6) is -0.780. The van der Waals surface area contributed by atoms with Crippen molar-refractivity contribution < 1.29 is 8.78 Å². The first kappa shape index (κ1) is 15.3. The van der Waals surface area contributed by atoms with Crippen LogP contribution in [0.4, 0.5) is 8.78 Å². The van der Waals surface area contributed by atoms with Crippen LogP contribution in [0.15, 0.2) is 23.0 Å².